The van der Waals surface area contributed by atoms with E-state index >= 15 is 0 Å². The fraction of sp³-hybridized carbons (Fsp3) is 0.320. The molecule has 31 heavy (non-hydrogen) atoms. The molecule has 1 aliphatic heterocycles. The maximum atomic E-state index is 12.9. The summed E-state index contributed by atoms with van der Waals surface area (Å²) in [6, 6.07) is 13.8. The summed E-state index contributed by atoms with van der Waals surface area (Å²) in [5.41, 5.74) is 3.25. The van der Waals surface area contributed by atoms with E-state index in [0.29, 0.717) is 17.0 Å². The lowest BCUT2D eigenvalue weighted by molar-refractivity contribution is -0.305. The predicted molar refractivity (Wildman–Crippen MR) is 115 cm³/mol. The molecule has 162 valence electrons. The zero-order chi connectivity index (χ0) is 22.7. The number of aliphatic hydroxyl groups is 1. The highest BCUT2D eigenvalue weighted by Crippen LogP contribution is 2.39. The van der Waals surface area contributed by atoms with Gasteiger partial charge in [-0.05, 0) is 36.8 Å². The summed E-state index contributed by atoms with van der Waals surface area (Å²) in [6.45, 7) is 6.12. The molecule has 0 aromatic heterocycles. The van der Waals surface area contributed by atoms with Gasteiger partial charge in [0, 0.05) is 18.1 Å². The zero-order valence-electron chi connectivity index (χ0n) is 17.9. The van der Waals surface area contributed by atoms with Gasteiger partial charge in [-0.2, -0.15) is 0 Å². The van der Waals surface area contributed by atoms with Gasteiger partial charge in [0.25, 0.3) is 11.7 Å². The molecule has 0 radical (unpaired) electrons. The molecule has 1 saturated heterocycles. The molecule has 1 heterocycles. The van der Waals surface area contributed by atoms with Crippen LogP contribution in [0.4, 0.5) is 0 Å². The number of amides is 1. The minimum absolute atomic E-state index is 0.0135. The smallest absolute Gasteiger partial charge is 0.295 e. The largest absolute Gasteiger partial charge is 0.550 e. The Morgan fingerprint density at radius 3 is 2.23 bits per heavy atom. The van der Waals surface area contributed by atoms with Gasteiger partial charge in [-0.3, -0.25) is 9.59 Å². The van der Waals surface area contributed by atoms with Crippen molar-refractivity contribution < 1.29 is 24.6 Å². The number of aryl methyl sites for hydroxylation is 1. The number of carbonyl (C=O) groups excluding carboxylic acids is 3. The summed E-state index contributed by atoms with van der Waals surface area (Å²) >= 11 is 0. The Morgan fingerprint density at radius 2 is 1.68 bits per heavy atom. The van der Waals surface area contributed by atoms with E-state index in [0.717, 1.165) is 11.1 Å². The number of carbonyl (C=O) groups is 3. The van der Waals surface area contributed by atoms with E-state index in [-0.39, 0.29) is 30.7 Å². The topological polar surface area (TPSA) is 97.7 Å². The molecule has 1 atom stereocenters. The lowest BCUT2D eigenvalue weighted by Gasteiger charge is -2.25. The maximum absolute atomic E-state index is 12.9. The monoisotopic (exact) mass is 420 g/mol. The van der Waals surface area contributed by atoms with Crippen LogP contribution in [-0.2, 0) is 14.4 Å². The average molecular weight is 420 g/mol. The normalized spacial score (nSPS) is 18.1. The quantitative estimate of drug-likeness (QED) is 0.422. The summed E-state index contributed by atoms with van der Waals surface area (Å²) in [7, 11) is 0. The third-order valence-corrected chi connectivity index (χ3v) is 5.56. The minimum Gasteiger partial charge on any atom is -0.550 e. The first-order valence-corrected chi connectivity index (χ1v) is 10.4. The summed E-state index contributed by atoms with van der Waals surface area (Å²) < 4.78 is 0. The number of likely N-dealkylation sites (tertiary alicyclic amines) is 1. The number of hydrogen-bond acceptors (Lipinski definition) is 5. The van der Waals surface area contributed by atoms with Gasteiger partial charge in [-0.25, -0.2) is 0 Å². The highest BCUT2D eigenvalue weighted by molar-refractivity contribution is 6.46. The Hall–Kier alpha value is -3.41. The lowest BCUT2D eigenvalue weighted by Crippen LogP contribution is -2.32. The van der Waals surface area contributed by atoms with Crippen LogP contribution in [0.1, 0.15) is 60.9 Å². The number of carboxylic acids is 1. The highest BCUT2D eigenvalue weighted by Gasteiger charge is 2.45. The maximum Gasteiger partial charge on any atom is 0.295 e. The Kier molecular flexibility index (Phi) is 6.59. The fourth-order valence-corrected chi connectivity index (χ4v) is 3.78. The summed E-state index contributed by atoms with van der Waals surface area (Å²) in [6.07, 6.45) is -0.0690. The van der Waals surface area contributed by atoms with Gasteiger partial charge >= 0.3 is 0 Å². The first-order chi connectivity index (χ1) is 14.7. The van der Waals surface area contributed by atoms with Crippen LogP contribution in [0.25, 0.3) is 5.76 Å². The molecule has 6 heteroatoms. The molecule has 3 rings (SSSR count). The number of nitrogens with zero attached hydrogens (tertiary/aromatic N) is 1. The second-order valence-electron chi connectivity index (χ2n) is 8.16. The van der Waals surface area contributed by atoms with Crippen LogP contribution in [0.5, 0.6) is 0 Å². The SMILES string of the molecule is Cc1ccc(/C(O)=C2\C(=O)C(=O)N(CCCC(=O)[O-])[C@@H]2c2ccc(C(C)C)cc2)cc1. The van der Waals surface area contributed by atoms with Gasteiger partial charge < -0.3 is 19.9 Å². The van der Waals surface area contributed by atoms with Crippen LogP contribution in [0.2, 0.25) is 0 Å². The Labute approximate surface area is 181 Å². The molecule has 2 aromatic carbocycles. The summed E-state index contributed by atoms with van der Waals surface area (Å²) in [5.74, 6) is -2.65. The molecular weight excluding hydrogens is 394 g/mol. The van der Waals surface area contributed by atoms with Gasteiger partial charge in [0.05, 0.1) is 11.6 Å². The zero-order valence-corrected chi connectivity index (χ0v) is 17.9. The van der Waals surface area contributed by atoms with Crippen molar-refractivity contribution in [3.63, 3.8) is 0 Å². The number of rotatable bonds is 7. The van der Waals surface area contributed by atoms with E-state index in [1.807, 2.05) is 43.3 Å². The third-order valence-electron chi connectivity index (χ3n) is 5.56. The average Bonchev–Trinajstić information content (AvgIpc) is 2.98. The summed E-state index contributed by atoms with van der Waals surface area (Å²) in [5, 5.41) is 21.8. The van der Waals surface area contributed by atoms with Gasteiger partial charge in [0.15, 0.2) is 0 Å². The van der Waals surface area contributed by atoms with Crippen molar-refractivity contribution in [2.75, 3.05) is 6.54 Å². The molecule has 0 unspecified atom stereocenters. The molecule has 0 aliphatic carbocycles. The van der Waals surface area contributed by atoms with Crippen LogP contribution >= 0.6 is 0 Å². The van der Waals surface area contributed by atoms with Gasteiger partial charge in [-0.15, -0.1) is 0 Å². The second kappa shape index (κ2) is 9.16. The molecule has 6 nitrogen and oxygen atoms in total. The van der Waals surface area contributed by atoms with E-state index in [9.17, 15) is 24.6 Å². The third kappa shape index (κ3) is 4.68. The summed E-state index contributed by atoms with van der Waals surface area (Å²) in [4.78, 5) is 37.9. The first-order valence-electron chi connectivity index (χ1n) is 10.4. The molecule has 1 N–H and O–H groups in total. The molecule has 0 saturated carbocycles. The minimum atomic E-state index is -1.21. The van der Waals surface area contributed by atoms with Gasteiger partial charge in [-0.1, -0.05) is 67.9 Å². The van der Waals surface area contributed by atoms with Crippen molar-refractivity contribution >= 4 is 23.4 Å². The van der Waals surface area contributed by atoms with E-state index in [1.54, 1.807) is 12.1 Å². The number of aliphatic carboxylic acids is 1. The molecule has 0 spiro atoms. The van der Waals surface area contributed by atoms with Crippen molar-refractivity contribution in [3.8, 4) is 0 Å². The Balaban J connectivity index is 2.09. The number of ketones is 1. The van der Waals surface area contributed by atoms with Crippen molar-refractivity contribution in [2.24, 2.45) is 0 Å². The van der Waals surface area contributed by atoms with Crippen LogP contribution in [0.15, 0.2) is 54.1 Å². The molecule has 2 aromatic rings. The van der Waals surface area contributed by atoms with E-state index in [2.05, 4.69) is 13.8 Å². The van der Waals surface area contributed by atoms with E-state index in [1.165, 1.54) is 4.90 Å². The van der Waals surface area contributed by atoms with Crippen molar-refractivity contribution in [1.29, 1.82) is 0 Å². The number of benzene rings is 2. The van der Waals surface area contributed by atoms with Crippen LogP contribution in [-0.4, -0.2) is 34.2 Å². The first kappa shape index (κ1) is 22.3. The molecular formula is C25H26NO5-. The Bertz CT molecular complexity index is 1020. The number of carboxylic acid groups (broad SMARTS) is 1. The second-order valence-corrected chi connectivity index (χ2v) is 8.16. The fourth-order valence-electron chi connectivity index (χ4n) is 3.78. The van der Waals surface area contributed by atoms with Crippen LogP contribution in [0.3, 0.4) is 0 Å². The molecule has 0 bridgehead atoms. The van der Waals surface area contributed by atoms with E-state index < -0.39 is 23.7 Å². The van der Waals surface area contributed by atoms with Crippen molar-refractivity contribution in [1.82, 2.24) is 4.90 Å². The standard InChI is InChI=1S/C25H27NO5/c1-15(2)17-10-12-18(13-11-17)22-21(23(29)19-8-6-16(3)7-9-19)24(30)25(31)26(22)14-4-5-20(27)28/h6-13,15,22,29H,4-5,14H2,1-3H3,(H,27,28)/p-1/b23-21+/t22-/m1/s1. The van der Waals surface area contributed by atoms with Crippen molar-refractivity contribution in [2.45, 2.75) is 45.6 Å². The van der Waals surface area contributed by atoms with E-state index in [4.69, 9.17) is 0 Å². The lowest BCUT2D eigenvalue weighted by atomic mass is 9.93. The van der Waals surface area contributed by atoms with Gasteiger partial charge in [0.1, 0.15) is 5.76 Å². The molecule has 1 fully saturated rings. The van der Waals surface area contributed by atoms with Crippen molar-refractivity contribution in [3.05, 3.63) is 76.4 Å². The molecule has 1 aliphatic rings. The Morgan fingerprint density at radius 1 is 1.06 bits per heavy atom. The highest BCUT2D eigenvalue weighted by atomic mass is 16.4. The number of hydrogen-bond donors (Lipinski definition) is 1. The van der Waals surface area contributed by atoms with Gasteiger partial charge in [0.2, 0.25) is 0 Å². The molecule has 1 amide bonds. The number of Topliss-reactive ketones (excluding diaryl/α,β-unsaturated/α-hetero) is 1. The van der Waals surface area contributed by atoms with Crippen LogP contribution < -0.4 is 5.11 Å². The predicted octanol–water partition coefficient (Wildman–Crippen LogP) is 3.07. The number of aliphatic hydroxyl groups excluding tert-OH is 1. The van der Waals surface area contributed by atoms with Crippen LogP contribution in [0, 0.1) is 6.92 Å².